The maximum absolute atomic E-state index is 12.4. The Labute approximate surface area is 139 Å². The average Bonchev–Trinajstić information content (AvgIpc) is 3.03. The van der Waals surface area contributed by atoms with E-state index in [1.807, 2.05) is 33.8 Å². The highest BCUT2D eigenvalue weighted by atomic mass is 16.6. The molecule has 0 spiro atoms. The van der Waals surface area contributed by atoms with Gasteiger partial charge in [0, 0.05) is 11.7 Å². The van der Waals surface area contributed by atoms with Crippen LogP contribution in [0.15, 0.2) is 6.07 Å². The summed E-state index contributed by atoms with van der Waals surface area (Å²) in [6.45, 7) is 8.03. The van der Waals surface area contributed by atoms with Gasteiger partial charge in [-0.25, -0.2) is 0 Å². The summed E-state index contributed by atoms with van der Waals surface area (Å²) in [6, 6.07) is 1.70. The SMILES string of the molecule is CCCc1[nH]nc(C(=O)N[C@H](C)Cn2nc(C)cc2C)c1[N+](=O)[O-]. The Morgan fingerprint density at radius 2 is 2.21 bits per heavy atom. The minimum atomic E-state index is -0.561. The van der Waals surface area contributed by atoms with Gasteiger partial charge in [0.2, 0.25) is 5.69 Å². The molecule has 9 heteroatoms. The van der Waals surface area contributed by atoms with Gasteiger partial charge < -0.3 is 5.32 Å². The lowest BCUT2D eigenvalue weighted by atomic mass is 10.2. The van der Waals surface area contributed by atoms with Gasteiger partial charge in [0.05, 0.1) is 17.2 Å². The molecule has 1 amide bonds. The lowest BCUT2D eigenvalue weighted by molar-refractivity contribution is -0.385. The average molecular weight is 334 g/mol. The molecular weight excluding hydrogens is 312 g/mol. The zero-order valence-electron chi connectivity index (χ0n) is 14.3. The molecule has 2 heterocycles. The van der Waals surface area contributed by atoms with Crippen molar-refractivity contribution in [3.63, 3.8) is 0 Å². The Kier molecular flexibility index (Phi) is 5.32. The molecule has 2 rings (SSSR count). The number of nitro groups is 1. The van der Waals surface area contributed by atoms with Gasteiger partial charge in [0.15, 0.2) is 0 Å². The molecule has 0 aromatic carbocycles. The summed E-state index contributed by atoms with van der Waals surface area (Å²) in [6.07, 6.45) is 1.19. The standard InChI is InChI=1S/C15H22N6O3/c1-5-6-12-14(21(23)24)13(18-17-12)15(22)16-10(3)8-20-11(4)7-9(2)19-20/h7,10H,5-6,8H2,1-4H3,(H,16,22)(H,17,18)/t10-/m1/s1. The summed E-state index contributed by atoms with van der Waals surface area (Å²) in [7, 11) is 0. The molecule has 2 aromatic rings. The Bertz CT molecular complexity index is 748. The van der Waals surface area contributed by atoms with E-state index in [0.29, 0.717) is 18.7 Å². The molecule has 2 aromatic heterocycles. The van der Waals surface area contributed by atoms with Gasteiger partial charge in [-0.1, -0.05) is 13.3 Å². The first kappa shape index (κ1) is 17.6. The van der Waals surface area contributed by atoms with Crippen molar-refractivity contribution in [2.24, 2.45) is 0 Å². The molecule has 0 bridgehead atoms. The quantitative estimate of drug-likeness (QED) is 0.592. The highest BCUT2D eigenvalue weighted by molar-refractivity contribution is 5.96. The van der Waals surface area contributed by atoms with E-state index in [9.17, 15) is 14.9 Å². The van der Waals surface area contributed by atoms with Crippen molar-refractivity contribution in [1.82, 2.24) is 25.3 Å². The largest absolute Gasteiger partial charge is 0.346 e. The van der Waals surface area contributed by atoms with Crippen molar-refractivity contribution in [2.75, 3.05) is 0 Å². The highest BCUT2D eigenvalue weighted by Gasteiger charge is 2.29. The maximum Gasteiger partial charge on any atom is 0.322 e. The molecule has 0 aliphatic heterocycles. The number of rotatable bonds is 7. The van der Waals surface area contributed by atoms with Crippen LogP contribution in [-0.2, 0) is 13.0 Å². The fraction of sp³-hybridized carbons (Fsp3) is 0.533. The number of aromatic nitrogens is 4. The van der Waals surface area contributed by atoms with Crippen molar-refractivity contribution in [3.05, 3.63) is 39.0 Å². The third kappa shape index (κ3) is 3.79. The molecule has 9 nitrogen and oxygen atoms in total. The molecule has 0 saturated heterocycles. The number of hydrogen-bond acceptors (Lipinski definition) is 5. The number of H-pyrrole nitrogens is 1. The lowest BCUT2D eigenvalue weighted by Gasteiger charge is -2.14. The Morgan fingerprint density at radius 1 is 1.50 bits per heavy atom. The molecule has 0 fully saturated rings. The smallest absolute Gasteiger partial charge is 0.322 e. The van der Waals surface area contributed by atoms with Gasteiger partial charge in [-0.2, -0.15) is 10.2 Å². The van der Waals surface area contributed by atoms with E-state index in [-0.39, 0.29) is 17.4 Å². The molecule has 24 heavy (non-hydrogen) atoms. The fourth-order valence-electron chi connectivity index (χ4n) is 2.61. The van der Waals surface area contributed by atoms with Crippen LogP contribution in [-0.4, -0.2) is 36.9 Å². The van der Waals surface area contributed by atoms with Crippen molar-refractivity contribution in [1.29, 1.82) is 0 Å². The molecule has 1 atom stereocenters. The van der Waals surface area contributed by atoms with Crippen molar-refractivity contribution >= 4 is 11.6 Å². The van der Waals surface area contributed by atoms with E-state index in [4.69, 9.17) is 0 Å². The van der Waals surface area contributed by atoms with E-state index in [2.05, 4.69) is 20.6 Å². The predicted molar refractivity (Wildman–Crippen MR) is 87.9 cm³/mol. The van der Waals surface area contributed by atoms with Crippen LogP contribution >= 0.6 is 0 Å². The third-order valence-corrected chi connectivity index (χ3v) is 3.64. The third-order valence-electron chi connectivity index (χ3n) is 3.64. The van der Waals surface area contributed by atoms with Crippen molar-refractivity contribution in [2.45, 2.75) is 53.1 Å². The molecule has 2 N–H and O–H groups in total. The van der Waals surface area contributed by atoms with E-state index in [1.54, 1.807) is 4.68 Å². The van der Waals surface area contributed by atoms with Gasteiger partial charge >= 0.3 is 5.69 Å². The molecule has 0 saturated carbocycles. The Hall–Kier alpha value is -2.71. The number of amides is 1. The summed E-state index contributed by atoms with van der Waals surface area (Å²) in [5, 5.41) is 24.8. The van der Waals surface area contributed by atoms with E-state index in [1.165, 1.54) is 0 Å². The van der Waals surface area contributed by atoms with Gasteiger partial charge in [0.25, 0.3) is 5.91 Å². The predicted octanol–water partition coefficient (Wildman–Crippen LogP) is 1.90. The van der Waals surface area contributed by atoms with Gasteiger partial charge in [-0.15, -0.1) is 0 Å². The number of carbonyl (C=O) groups excluding carboxylic acids is 1. The van der Waals surface area contributed by atoms with E-state index >= 15 is 0 Å². The summed E-state index contributed by atoms with van der Waals surface area (Å²) < 4.78 is 1.79. The second-order valence-electron chi connectivity index (χ2n) is 5.89. The normalized spacial score (nSPS) is 12.2. The summed E-state index contributed by atoms with van der Waals surface area (Å²) in [5.74, 6) is -0.561. The van der Waals surface area contributed by atoms with E-state index in [0.717, 1.165) is 17.8 Å². The van der Waals surface area contributed by atoms with Crippen molar-refractivity contribution < 1.29 is 9.72 Å². The number of hydrogen-bond donors (Lipinski definition) is 2. The first-order chi connectivity index (χ1) is 11.3. The van der Waals surface area contributed by atoms with Crippen molar-refractivity contribution in [3.8, 4) is 0 Å². The monoisotopic (exact) mass is 334 g/mol. The topological polar surface area (TPSA) is 119 Å². The first-order valence-electron chi connectivity index (χ1n) is 7.87. The first-order valence-corrected chi connectivity index (χ1v) is 7.87. The Balaban J connectivity index is 2.12. The summed E-state index contributed by atoms with van der Waals surface area (Å²) in [5.41, 5.74) is 1.85. The van der Waals surface area contributed by atoms with Crippen LogP contribution in [0.5, 0.6) is 0 Å². The van der Waals surface area contributed by atoms with Crippen LogP contribution in [0.3, 0.4) is 0 Å². The van der Waals surface area contributed by atoms with Crippen LogP contribution in [0, 0.1) is 24.0 Å². The molecule has 0 aliphatic rings. The minimum Gasteiger partial charge on any atom is -0.346 e. The van der Waals surface area contributed by atoms with Gasteiger partial charge in [0.1, 0.15) is 5.69 Å². The number of aromatic amines is 1. The number of nitrogens with zero attached hydrogens (tertiary/aromatic N) is 4. The molecule has 0 aliphatic carbocycles. The number of nitrogens with one attached hydrogen (secondary N) is 2. The van der Waals surface area contributed by atoms with Crippen LogP contribution in [0.2, 0.25) is 0 Å². The molecule has 0 radical (unpaired) electrons. The molecule has 0 unspecified atom stereocenters. The van der Waals surface area contributed by atoms with Crippen LogP contribution in [0.1, 0.15) is 47.8 Å². The minimum absolute atomic E-state index is 0.177. The zero-order valence-corrected chi connectivity index (χ0v) is 14.3. The van der Waals surface area contributed by atoms with Gasteiger partial charge in [-0.3, -0.25) is 24.7 Å². The van der Waals surface area contributed by atoms with Crippen LogP contribution in [0.4, 0.5) is 5.69 Å². The number of aryl methyl sites for hydroxylation is 3. The molecule has 130 valence electrons. The lowest BCUT2D eigenvalue weighted by Crippen LogP contribution is -2.36. The van der Waals surface area contributed by atoms with Crippen LogP contribution in [0.25, 0.3) is 0 Å². The maximum atomic E-state index is 12.4. The Morgan fingerprint density at radius 3 is 2.75 bits per heavy atom. The molecular formula is C15H22N6O3. The van der Waals surface area contributed by atoms with Crippen LogP contribution < -0.4 is 5.32 Å². The summed E-state index contributed by atoms with van der Waals surface area (Å²) in [4.78, 5) is 23.0. The summed E-state index contributed by atoms with van der Waals surface area (Å²) >= 11 is 0. The zero-order chi connectivity index (χ0) is 17.9. The van der Waals surface area contributed by atoms with Gasteiger partial charge in [-0.05, 0) is 33.3 Å². The second-order valence-corrected chi connectivity index (χ2v) is 5.89. The number of carbonyl (C=O) groups is 1. The van der Waals surface area contributed by atoms with E-state index < -0.39 is 10.8 Å². The fourth-order valence-corrected chi connectivity index (χ4v) is 2.61. The second kappa shape index (κ2) is 7.24. The highest BCUT2D eigenvalue weighted by Crippen LogP contribution is 2.22.